The van der Waals surface area contributed by atoms with Crippen molar-refractivity contribution in [2.24, 2.45) is 4.99 Å². The minimum atomic E-state index is 0.801. The molecule has 0 amide bonds. The van der Waals surface area contributed by atoms with E-state index in [1.807, 2.05) is 43.3 Å². The molecule has 0 saturated heterocycles. The topological polar surface area (TPSA) is 12.4 Å². The fourth-order valence-electron chi connectivity index (χ4n) is 2.64. The van der Waals surface area contributed by atoms with E-state index < -0.39 is 0 Å². The molecular weight excluding hydrogens is 278 g/mol. The van der Waals surface area contributed by atoms with Crippen LogP contribution in [0.4, 0.5) is 5.69 Å². The molecule has 3 aromatic rings. The molecule has 0 unspecified atom stereocenters. The van der Waals surface area contributed by atoms with E-state index in [9.17, 15) is 0 Å². The lowest BCUT2D eigenvalue weighted by Crippen LogP contribution is -1.85. The summed E-state index contributed by atoms with van der Waals surface area (Å²) < 4.78 is 0. The van der Waals surface area contributed by atoms with Gasteiger partial charge in [0.2, 0.25) is 0 Å². The van der Waals surface area contributed by atoms with Crippen LogP contribution < -0.4 is 0 Å². The van der Waals surface area contributed by atoms with Gasteiger partial charge in [-0.25, -0.2) is 4.99 Å². The molecule has 1 heteroatoms. The SMILES string of the molecule is C=CCc1ccc2ccccc2c1N=C=C(C)c1ccccc1. The van der Waals surface area contributed by atoms with Gasteiger partial charge in [0.1, 0.15) is 0 Å². The Morgan fingerprint density at radius 1 is 1.00 bits per heavy atom. The molecule has 112 valence electrons. The molecule has 0 heterocycles. The highest BCUT2D eigenvalue weighted by Crippen LogP contribution is 2.30. The maximum Gasteiger partial charge on any atom is 0.0843 e. The molecule has 0 radical (unpaired) electrons. The quantitative estimate of drug-likeness (QED) is 0.415. The van der Waals surface area contributed by atoms with Gasteiger partial charge in [-0.1, -0.05) is 72.8 Å². The van der Waals surface area contributed by atoms with Crippen molar-refractivity contribution in [2.75, 3.05) is 0 Å². The number of benzene rings is 3. The van der Waals surface area contributed by atoms with Gasteiger partial charge in [0.05, 0.1) is 5.69 Å². The minimum Gasteiger partial charge on any atom is -0.205 e. The van der Waals surface area contributed by atoms with Crippen molar-refractivity contribution < 1.29 is 0 Å². The minimum absolute atomic E-state index is 0.801. The van der Waals surface area contributed by atoms with Crippen LogP contribution in [0.2, 0.25) is 0 Å². The van der Waals surface area contributed by atoms with Gasteiger partial charge in [-0.15, -0.1) is 6.58 Å². The summed E-state index contributed by atoms with van der Waals surface area (Å²) in [6.45, 7) is 5.89. The van der Waals surface area contributed by atoms with Crippen LogP contribution in [0.1, 0.15) is 18.1 Å². The molecule has 0 aliphatic carbocycles. The van der Waals surface area contributed by atoms with Gasteiger partial charge in [0, 0.05) is 11.0 Å². The van der Waals surface area contributed by atoms with E-state index in [-0.39, 0.29) is 0 Å². The molecule has 0 aliphatic rings. The third-order valence-corrected chi connectivity index (χ3v) is 3.89. The Morgan fingerprint density at radius 2 is 1.74 bits per heavy atom. The van der Waals surface area contributed by atoms with Gasteiger partial charge in [-0.05, 0) is 35.7 Å². The van der Waals surface area contributed by atoms with Crippen molar-refractivity contribution in [3.05, 3.63) is 90.5 Å². The van der Waals surface area contributed by atoms with Gasteiger partial charge in [-0.2, -0.15) is 0 Å². The van der Waals surface area contributed by atoms with Gasteiger partial charge in [-0.3, -0.25) is 0 Å². The molecular formula is C22H19N. The van der Waals surface area contributed by atoms with E-state index >= 15 is 0 Å². The van der Waals surface area contributed by atoms with Crippen molar-refractivity contribution in [1.29, 1.82) is 0 Å². The number of allylic oxidation sites excluding steroid dienone is 2. The Labute approximate surface area is 137 Å². The Balaban J connectivity index is 2.16. The first-order valence-electron chi connectivity index (χ1n) is 7.77. The maximum atomic E-state index is 4.69. The zero-order valence-electron chi connectivity index (χ0n) is 13.3. The summed E-state index contributed by atoms with van der Waals surface area (Å²) in [5.74, 6) is 3.21. The molecule has 0 N–H and O–H groups in total. The van der Waals surface area contributed by atoms with E-state index in [0.29, 0.717) is 0 Å². The zero-order chi connectivity index (χ0) is 16.1. The Kier molecular flexibility index (Phi) is 4.52. The predicted molar refractivity (Wildman–Crippen MR) is 100 cm³/mol. The van der Waals surface area contributed by atoms with E-state index in [1.165, 1.54) is 10.9 Å². The summed E-state index contributed by atoms with van der Waals surface area (Å²) in [6, 6.07) is 22.8. The summed E-state index contributed by atoms with van der Waals surface area (Å²) in [4.78, 5) is 4.69. The number of fused-ring (bicyclic) bond motifs is 1. The number of rotatable bonds is 4. The van der Waals surface area contributed by atoms with Crippen molar-refractivity contribution in [3.63, 3.8) is 0 Å². The second kappa shape index (κ2) is 6.91. The first-order chi connectivity index (χ1) is 11.3. The van der Waals surface area contributed by atoms with E-state index in [1.54, 1.807) is 0 Å². The molecule has 3 rings (SSSR count). The lowest BCUT2D eigenvalue weighted by molar-refractivity contribution is 1.27. The summed E-state index contributed by atoms with van der Waals surface area (Å²) in [6.07, 6.45) is 2.71. The van der Waals surface area contributed by atoms with Crippen molar-refractivity contribution in [2.45, 2.75) is 13.3 Å². The average molecular weight is 297 g/mol. The largest absolute Gasteiger partial charge is 0.205 e. The number of nitrogens with zero attached hydrogens (tertiary/aromatic N) is 1. The maximum absolute atomic E-state index is 4.69. The van der Waals surface area contributed by atoms with Crippen LogP contribution in [0, 0.1) is 0 Å². The fourth-order valence-corrected chi connectivity index (χ4v) is 2.64. The highest BCUT2D eigenvalue weighted by atomic mass is 14.7. The zero-order valence-corrected chi connectivity index (χ0v) is 13.3. The first kappa shape index (κ1) is 15.0. The standard InChI is InChI=1S/C22H19N/c1-3-9-20-15-14-19-12-7-8-13-21(19)22(20)23-16-17(2)18-10-5-4-6-11-18/h3-8,10-15H,1,9H2,2H3. The first-order valence-corrected chi connectivity index (χ1v) is 7.77. The van der Waals surface area contributed by atoms with E-state index in [4.69, 9.17) is 4.99 Å². The van der Waals surface area contributed by atoms with Crippen LogP contribution in [0.25, 0.3) is 16.3 Å². The molecule has 0 spiro atoms. The summed E-state index contributed by atoms with van der Waals surface area (Å²) >= 11 is 0. The third-order valence-electron chi connectivity index (χ3n) is 3.89. The number of aliphatic imine (C=N–C) groups is 1. The third kappa shape index (κ3) is 3.31. The predicted octanol–water partition coefficient (Wildman–Crippen LogP) is 5.97. The molecule has 0 bridgehead atoms. The summed E-state index contributed by atoms with van der Waals surface area (Å²) in [7, 11) is 0. The van der Waals surface area contributed by atoms with Gasteiger partial charge in [0.15, 0.2) is 0 Å². The molecule has 1 nitrogen and oxygen atoms in total. The number of hydrogen-bond acceptors (Lipinski definition) is 1. The average Bonchev–Trinajstić information content (AvgIpc) is 2.61. The van der Waals surface area contributed by atoms with Crippen LogP contribution in [0.15, 0.2) is 84.4 Å². The normalized spacial score (nSPS) is 10.1. The van der Waals surface area contributed by atoms with Gasteiger partial charge >= 0.3 is 0 Å². The van der Waals surface area contributed by atoms with Crippen molar-refractivity contribution in [1.82, 2.24) is 0 Å². The molecule has 0 aliphatic heterocycles. The fraction of sp³-hybridized carbons (Fsp3) is 0.0909. The number of hydrogen-bond donors (Lipinski definition) is 0. The summed E-state index contributed by atoms with van der Waals surface area (Å²) in [5, 5.41) is 2.35. The molecule has 0 aromatic heterocycles. The van der Waals surface area contributed by atoms with Crippen molar-refractivity contribution >= 4 is 27.9 Å². The molecule has 23 heavy (non-hydrogen) atoms. The van der Waals surface area contributed by atoms with E-state index in [2.05, 4.69) is 48.8 Å². The Morgan fingerprint density at radius 3 is 2.52 bits per heavy atom. The lowest BCUT2D eigenvalue weighted by Gasteiger charge is -2.07. The molecule has 0 atom stereocenters. The second-order valence-electron chi connectivity index (χ2n) is 5.50. The molecule has 3 aromatic carbocycles. The lowest BCUT2D eigenvalue weighted by atomic mass is 10.0. The monoisotopic (exact) mass is 297 g/mol. The van der Waals surface area contributed by atoms with Crippen LogP contribution >= 0.6 is 0 Å². The van der Waals surface area contributed by atoms with Crippen LogP contribution in [0.5, 0.6) is 0 Å². The Bertz CT molecular complexity index is 898. The van der Waals surface area contributed by atoms with Crippen LogP contribution in [0.3, 0.4) is 0 Å². The summed E-state index contributed by atoms with van der Waals surface area (Å²) in [5.41, 5.74) is 4.33. The Hall–Kier alpha value is -2.89. The second-order valence-corrected chi connectivity index (χ2v) is 5.50. The molecule has 0 fully saturated rings. The van der Waals surface area contributed by atoms with E-state index in [0.717, 1.165) is 28.6 Å². The highest BCUT2D eigenvalue weighted by Gasteiger charge is 2.05. The van der Waals surface area contributed by atoms with Crippen molar-refractivity contribution in [3.8, 4) is 0 Å². The van der Waals surface area contributed by atoms with Gasteiger partial charge in [0.25, 0.3) is 0 Å². The van der Waals surface area contributed by atoms with Crippen LogP contribution in [-0.2, 0) is 6.42 Å². The van der Waals surface area contributed by atoms with Gasteiger partial charge < -0.3 is 0 Å². The smallest absolute Gasteiger partial charge is 0.0843 e. The molecule has 0 saturated carbocycles. The highest BCUT2D eigenvalue weighted by molar-refractivity contribution is 5.97. The van der Waals surface area contributed by atoms with Crippen LogP contribution in [-0.4, -0.2) is 5.87 Å².